The zero-order valence-electron chi connectivity index (χ0n) is 7.97. The van der Waals surface area contributed by atoms with E-state index in [4.69, 9.17) is 5.11 Å². The molecule has 2 N–H and O–H groups in total. The molecule has 0 aromatic carbocycles. The van der Waals surface area contributed by atoms with Crippen LogP contribution in [0.3, 0.4) is 0 Å². The Balaban J connectivity index is 2.67. The molecule has 0 aliphatic heterocycles. The second kappa shape index (κ2) is 5.18. The predicted octanol–water partition coefficient (Wildman–Crippen LogP) is 0.0784. The molecule has 0 saturated carbocycles. The van der Waals surface area contributed by atoms with Gasteiger partial charge in [0.25, 0.3) is 0 Å². The normalized spacial score (nSPS) is 9.57. The van der Waals surface area contributed by atoms with Crippen LogP contribution in [-0.4, -0.2) is 36.7 Å². The molecule has 5 heteroatoms. The lowest BCUT2D eigenvalue weighted by molar-refractivity contribution is -0.105. The molecular weight excluding hydrogens is 182 g/mol. The lowest BCUT2D eigenvalue weighted by Gasteiger charge is -2.16. The highest BCUT2D eigenvalue weighted by molar-refractivity contribution is 5.70. The summed E-state index contributed by atoms with van der Waals surface area (Å²) in [6.07, 6.45) is 2.17. The molecule has 0 fully saturated rings. The number of likely N-dealkylation sites (N-methyl/N-ethyl adjacent to an activating group) is 1. The first kappa shape index (κ1) is 10.5. The summed E-state index contributed by atoms with van der Waals surface area (Å²) in [6.45, 7) is 0.625. The van der Waals surface area contributed by atoms with E-state index in [1.165, 1.54) is 0 Å². The van der Waals surface area contributed by atoms with Crippen LogP contribution < -0.4 is 10.2 Å². The number of pyridine rings is 1. The Morgan fingerprint density at radius 3 is 2.93 bits per heavy atom. The van der Waals surface area contributed by atoms with E-state index in [-0.39, 0.29) is 6.61 Å². The van der Waals surface area contributed by atoms with E-state index in [0.29, 0.717) is 18.6 Å². The zero-order chi connectivity index (χ0) is 10.4. The lowest BCUT2D eigenvalue weighted by atomic mass is 10.4. The van der Waals surface area contributed by atoms with E-state index in [9.17, 15) is 4.79 Å². The van der Waals surface area contributed by atoms with Gasteiger partial charge >= 0.3 is 0 Å². The summed E-state index contributed by atoms with van der Waals surface area (Å²) in [6, 6.07) is 3.53. The molecule has 1 rings (SSSR count). The Hall–Kier alpha value is -1.62. The van der Waals surface area contributed by atoms with Gasteiger partial charge in [-0.3, -0.25) is 4.79 Å². The number of aliphatic hydroxyl groups excluding tert-OH is 1. The molecule has 0 unspecified atom stereocenters. The molecule has 76 valence electrons. The molecule has 5 nitrogen and oxygen atoms in total. The van der Waals surface area contributed by atoms with Crippen molar-refractivity contribution in [3.63, 3.8) is 0 Å². The van der Waals surface area contributed by atoms with Gasteiger partial charge in [0.15, 0.2) is 0 Å². The largest absolute Gasteiger partial charge is 0.395 e. The minimum atomic E-state index is 0.0898. The Bertz CT molecular complexity index is 287. The van der Waals surface area contributed by atoms with Gasteiger partial charge in [-0.2, -0.15) is 0 Å². The van der Waals surface area contributed by atoms with Gasteiger partial charge in [0, 0.05) is 13.6 Å². The minimum Gasteiger partial charge on any atom is -0.395 e. The van der Waals surface area contributed by atoms with Crippen LogP contribution in [-0.2, 0) is 4.79 Å². The van der Waals surface area contributed by atoms with Crippen molar-refractivity contribution in [3.8, 4) is 0 Å². The van der Waals surface area contributed by atoms with Crippen LogP contribution in [0, 0.1) is 0 Å². The average molecular weight is 195 g/mol. The fourth-order valence-corrected chi connectivity index (χ4v) is 1.03. The quantitative estimate of drug-likeness (QED) is 0.653. The van der Waals surface area contributed by atoms with Crippen LogP contribution in [0.25, 0.3) is 0 Å². The third-order valence-electron chi connectivity index (χ3n) is 1.80. The standard InChI is InChI=1S/C9H13N3O2/c1-12(4-5-13)9-3-2-8(6-10-9)11-7-14/h2-3,6-7,13H,4-5H2,1H3,(H,11,14). The highest BCUT2D eigenvalue weighted by Gasteiger charge is 2.00. The van der Waals surface area contributed by atoms with Crippen molar-refractivity contribution < 1.29 is 9.90 Å². The minimum absolute atomic E-state index is 0.0898. The number of aliphatic hydroxyl groups is 1. The Morgan fingerprint density at radius 2 is 2.43 bits per heavy atom. The second-order valence-corrected chi connectivity index (χ2v) is 2.81. The Morgan fingerprint density at radius 1 is 1.64 bits per heavy atom. The maximum Gasteiger partial charge on any atom is 0.211 e. The SMILES string of the molecule is CN(CCO)c1ccc(NC=O)cn1. The van der Waals surface area contributed by atoms with Crippen LogP contribution in [0.1, 0.15) is 0 Å². The number of carbonyl (C=O) groups is 1. The topological polar surface area (TPSA) is 65.5 Å². The molecule has 0 bridgehead atoms. The number of carbonyl (C=O) groups excluding carboxylic acids is 1. The molecule has 1 aromatic rings. The van der Waals surface area contributed by atoms with Crippen molar-refractivity contribution in [3.05, 3.63) is 18.3 Å². The maximum atomic E-state index is 10.1. The highest BCUT2D eigenvalue weighted by atomic mass is 16.3. The molecule has 1 heterocycles. The van der Waals surface area contributed by atoms with Gasteiger partial charge in [-0.1, -0.05) is 0 Å². The first-order chi connectivity index (χ1) is 6.77. The lowest BCUT2D eigenvalue weighted by Crippen LogP contribution is -2.22. The van der Waals surface area contributed by atoms with Gasteiger partial charge in [-0.25, -0.2) is 4.98 Å². The number of nitrogens with zero attached hydrogens (tertiary/aromatic N) is 2. The summed E-state index contributed by atoms with van der Waals surface area (Å²) >= 11 is 0. The van der Waals surface area contributed by atoms with Crippen LogP contribution in [0.5, 0.6) is 0 Å². The van der Waals surface area contributed by atoms with Gasteiger partial charge in [0.05, 0.1) is 18.5 Å². The van der Waals surface area contributed by atoms with Crippen molar-refractivity contribution >= 4 is 17.9 Å². The third kappa shape index (κ3) is 2.70. The molecule has 0 aliphatic rings. The van der Waals surface area contributed by atoms with Gasteiger partial charge in [-0.15, -0.1) is 0 Å². The fraction of sp³-hybridized carbons (Fsp3) is 0.333. The molecule has 1 amide bonds. The van der Waals surface area contributed by atoms with E-state index >= 15 is 0 Å². The smallest absolute Gasteiger partial charge is 0.211 e. The summed E-state index contributed by atoms with van der Waals surface area (Å²) in [7, 11) is 1.84. The summed E-state index contributed by atoms with van der Waals surface area (Å²) in [4.78, 5) is 16.0. The number of anilines is 2. The Labute approximate surface area is 82.4 Å². The molecule has 1 aromatic heterocycles. The van der Waals surface area contributed by atoms with Gasteiger partial charge in [0.2, 0.25) is 6.41 Å². The summed E-state index contributed by atoms with van der Waals surface area (Å²) in [5, 5.41) is 11.2. The summed E-state index contributed by atoms with van der Waals surface area (Å²) in [5.74, 6) is 0.760. The van der Waals surface area contributed by atoms with Gasteiger partial charge in [0.1, 0.15) is 5.82 Å². The predicted molar refractivity (Wildman–Crippen MR) is 54.3 cm³/mol. The monoisotopic (exact) mass is 195 g/mol. The number of nitrogens with one attached hydrogen (secondary N) is 1. The van der Waals surface area contributed by atoms with E-state index in [1.54, 1.807) is 18.3 Å². The number of hydrogen-bond donors (Lipinski definition) is 2. The van der Waals surface area contributed by atoms with Gasteiger partial charge < -0.3 is 15.3 Å². The number of rotatable bonds is 5. The first-order valence-corrected chi connectivity index (χ1v) is 4.26. The van der Waals surface area contributed by atoms with Crippen LogP contribution in [0.4, 0.5) is 11.5 Å². The van der Waals surface area contributed by atoms with Crippen molar-refractivity contribution in [1.29, 1.82) is 0 Å². The highest BCUT2D eigenvalue weighted by Crippen LogP contribution is 2.11. The van der Waals surface area contributed by atoms with Crippen LogP contribution in [0.2, 0.25) is 0 Å². The third-order valence-corrected chi connectivity index (χ3v) is 1.80. The summed E-state index contributed by atoms with van der Waals surface area (Å²) in [5.41, 5.74) is 0.654. The van der Waals surface area contributed by atoms with E-state index < -0.39 is 0 Å². The molecule has 0 spiro atoms. The molecule has 14 heavy (non-hydrogen) atoms. The molecule has 0 atom stereocenters. The van der Waals surface area contributed by atoms with Crippen molar-refractivity contribution in [2.75, 3.05) is 30.4 Å². The number of hydrogen-bond acceptors (Lipinski definition) is 4. The van der Waals surface area contributed by atoms with Crippen LogP contribution >= 0.6 is 0 Å². The first-order valence-electron chi connectivity index (χ1n) is 4.26. The van der Waals surface area contributed by atoms with Crippen molar-refractivity contribution in [2.45, 2.75) is 0 Å². The second-order valence-electron chi connectivity index (χ2n) is 2.81. The molecule has 0 aliphatic carbocycles. The zero-order valence-corrected chi connectivity index (χ0v) is 7.97. The van der Waals surface area contributed by atoms with E-state index in [1.807, 2.05) is 11.9 Å². The summed E-state index contributed by atoms with van der Waals surface area (Å²) < 4.78 is 0. The Kier molecular flexibility index (Phi) is 3.87. The maximum absolute atomic E-state index is 10.1. The van der Waals surface area contributed by atoms with Crippen molar-refractivity contribution in [1.82, 2.24) is 4.98 Å². The molecule has 0 saturated heterocycles. The number of amides is 1. The van der Waals surface area contributed by atoms with E-state index in [0.717, 1.165) is 5.82 Å². The number of aromatic nitrogens is 1. The van der Waals surface area contributed by atoms with Gasteiger partial charge in [-0.05, 0) is 12.1 Å². The van der Waals surface area contributed by atoms with E-state index in [2.05, 4.69) is 10.3 Å². The van der Waals surface area contributed by atoms with Crippen molar-refractivity contribution in [2.24, 2.45) is 0 Å². The molecule has 0 radical (unpaired) electrons. The van der Waals surface area contributed by atoms with Crippen LogP contribution in [0.15, 0.2) is 18.3 Å². The average Bonchev–Trinajstić information content (AvgIpc) is 2.20. The fourth-order valence-electron chi connectivity index (χ4n) is 1.03. The molecular formula is C9H13N3O2.